The van der Waals surface area contributed by atoms with Gasteiger partial charge in [0, 0.05) is 23.2 Å². The molecule has 8 nitrogen and oxygen atoms in total. The number of carbonyl (C=O) groups excluding carboxylic acids is 2. The number of esters is 1. The Balaban J connectivity index is 1.46. The van der Waals surface area contributed by atoms with Gasteiger partial charge in [0.1, 0.15) is 11.9 Å². The van der Waals surface area contributed by atoms with Crippen molar-refractivity contribution in [2.75, 3.05) is 13.2 Å². The smallest absolute Gasteiger partial charge is 0.333 e. The Hall–Kier alpha value is -1.81. The molecular formula is C29H40O8S. The van der Waals surface area contributed by atoms with Gasteiger partial charge in [-0.2, -0.15) is 8.42 Å². The van der Waals surface area contributed by atoms with Crippen LogP contribution in [0.15, 0.2) is 29.2 Å². The number of epoxide rings is 1. The first-order valence-corrected chi connectivity index (χ1v) is 15.1. The van der Waals surface area contributed by atoms with Gasteiger partial charge in [0.15, 0.2) is 6.61 Å². The molecule has 4 fully saturated rings. The van der Waals surface area contributed by atoms with Gasteiger partial charge in [0.2, 0.25) is 0 Å². The Morgan fingerprint density at radius 2 is 1.82 bits per heavy atom. The van der Waals surface area contributed by atoms with Gasteiger partial charge >= 0.3 is 5.97 Å². The number of hydrogen-bond donors (Lipinski definition) is 1. The van der Waals surface area contributed by atoms with E-state index in [4.69, 9.17) is 13.7 Å². The summed E-state index contributed by atoms with van der Waals surface area (Å²) in [6.45, 7) is 9.84. The lowest BCUT2D eigenvalue weighted by Gasteiger charge is -2.62. The molecule has 3 saturated carbocycles. The Morgan fingerprint density at radius 3 is 2.45 bits per heavy atom. The van der Waals surface area contributed by atoms with E-state index in [1.807, 2.05) is 13.8 Å². The van der Waals surface area contributed by atoms with E-state index in [1.54, 1.807) is 12.1 Å². The molecule has 1 saturated heterocycles. The fourth-order valence-corrected chi connectivity index (χ4v) is 9.00. The summed E-state index contributed by atoms with van der Waals surface area (Å²) >= 11 is 0. The lowest BCUT2D eigenvalue weighted by atomic mass is 9.43. The Bertz CT molecular complexity index is 1210. The molecule has 0 spiro atoms. The van der Waals surface area contributed by atoms with Crippen LogP contribution in [0.4, 0.5) is 0 Å². The predicted molar refractivity (Wildman–Crippen MR) is 139 cm³/mol. The van der Waals surface area contributed by atoms with Crippen LogP contribution in [-0.2, 0) is 33.4 Å². The number of aliphatic hydroxyl groups excluding tert-OH is 1. The van der Waals surface area contributed by atoms with Crippen molar-refractivity contribution in [3.63, 3.8) is 0 Å². The number of ketones is 1. The Morgan fingerprint density at radius 1 is 1.16 bits per heavy atom. The molecule has 1 heterocycles. The summed E-state index contributed by atoms with van der Waals surface area (Å²) in [6.07, 6.45) is 1.60. The monoisotopic (exact) mass is 548 g/mol. The summed E-state index contributed by atoms with van der Waals surface area (Å²) in [5, 5.41) is 11.8. The molecule has 0 aromatic heterocycles. The summed E-state index contributed by atoms with van der Waals surface area (Å²) in [4.78, 5) is 26.7. The molecule has 3 aliphatic carbocycles. The maximum atomic E-state index is 13.5. The number of aryl methyl sites for hydroxylation is 1. The quantitative estimate of drug-likeness (QED) is 0.324. The predicted octanol–water partition coefficient (Wildman–Crippen LogP) is 3.82. The number of carbonyl (C=O) groups is 2. The molecule has 1 aromatic rings. The summed E-state index contributed by atoms with van der Waals surface area (Å²) in [6, 6.07) is 6.19. The Kier molecular flexibility index (Phi) is 6.86. The average Bonchev–Trinajstić information content (AvgIpc) is 3.67. The van der Waals surface area contributed by atoms with Gasteiger partial charge in [-0.1, -0.05) is 45.4 Å². The molecule has 4 aliphatic rings. The van der Waals surface area contributed by atoms with E-state index in [0.29, 0.717) is 19.4 Å². The van der Waals surface area contributed by atoms with Gasteiger partial charge in [-0.15, -0.1) is 0 Å². The van der Waals surface area contributed by atoms with Crippen LogP contribution in [0, 0.1) is 40.9 Å². The van der Waals surface area contributed by atoms with Gasteiger partial charge in [-0.25, -0.2) is 4.79 Å². The third-order valence-corrected chi connectivity index (χ3v) is 12.1. The van der Waals surface area contributed by atoms with Gasteiger partial charge < -0.3 is 14.6 Å². The standard InChI is InChI=1S/C29H40O8S/c1-17-6-8-20(9-7-17)38(33,34)36-16-24(31)37-22-14-27(4,23-15-35-23)26(32)19(3)29-12-10-18(2)28(22,5)25(29)21(30)11-13-29/h6-9,18-19,22-23,25-26,32H,10-16H2,1-5H3/t18-,19+,22-,23?,25?,26+,27+,28+,29+/m1/s1. The molecule has 1 aliphatic heterocycles. The summed E-state index contributed by atoms with van der Waals surface area (Å²) in [5.41, 5.74) is -0.813. The minimum absolute atomic E-state index is 0.0355. The second-order valence-corrected chi connectivity index (χ2v) is 14.3. The van der Waals surface area contributed by atoms with Crippen LogP contribution in [0.3, 0.4) is 0 Å². The normalized spacial score (nSPS) is 42.6. The molecule has 0 radical (unpaired) electrons. The molecule has 1 N–H and O–H groups in total. The van der Waals surface area contributed by atoms with Crippen molar-refractivity contribution in [3.05, 3.63) is 29.8 Å². The van der Waals surface area contributed by atoms with Crippen LogP contribution >= 0.6 is 0 Å². The van der Waals surface area contributed by atoms with Crippen LogP contribution in [0.2, 0.25) is 0 Å². The molecule has 2 bridgehead atoms. The van der Waals surface area contributed by atoms with E-state index in [2.05, 4.69) is 20.8 Å². The van der Waals surface area contributed by atoms with E-state index < -0.39 is 45.7 Å². The van der Waals surface area contributed by atoms with Crippen molar-refractivity contribution < 1.29 is 36.8 Å². The molecule has 9 heteroatoms. The number of rotatable bonds is 6. The lowest BCUT2D eigenvalue weighted by molar-refractivity contribution is -0.214. The van der Waals surface area contributed by atoms with Gasteiger partial charge in [0.05, 0.1) is 23.7 Å². The number of aliphatic hydroxyl groups is 1. The van der Waals surface area contributed by atoms with Crippen LogP contribution in [0.5, 0.6) is 0 Å². The average molecular weight is 549 g/mol. The summed E-state index contributed by atoms with van der Waals surface area (Å²) in [7, 11) is -4.15. The second kappa shape index (κ2) is 9.39. The molecule has 5 rings (SSSR count). The maximum absolute atomic E-state index is 13.5. The zero-order chi connectivity index (χ0) is 27.7. The van der Waals surface area contributed by atoms with E-state index in [9.17, 15) is 23.1 Å². The van der Waals surface area contributed by atoms with Crippen molar-refractivity contribution >= 4 is 21.9 Å². The SMILES string of the molecule is Cc1ccc(S(=O)(=O)OCC(=O)O[C@@H]2C[C@@](C)(C3CO3)[C@@H](O)[C@H](C)[C@]34CCC(=O)C3[C@@]2(C)[C@H](C)CC4)cc1. The second-order valence-electron chi connectivity index (χ2n) is 12.7. The van der Waals surface area contributed by atoms with E-state index in [-0.39, 0.29) is 40.0 Å². The fraction of sp³-hybridized carbons (Fsp3) is 0.724. The highest BCUT2D eigenvalue weighted by atomic mass is 32.2. The van der Waals surface area contributed by atoms with Gasteiger partial charge in [0.25, 0.3) is 10.1 Å². The van der Waals surface area contributed by atoms with E-state index in [1.165, 1.54) is 12.1 Å². The van der Waals surface area contributed by atoms with E-state index in [0.717, 1.165) is 24.8 Å². The molecule has 0 amide bonds. The Labute approximate surface area is 225 Å². The summed E-state index contributed by atoms with van der Waals surface area (Å²) in [5.74, 6) is -1.00. The van der Waals surface area contributed by atoms with Crippen LogP contribution < -0.4 is 0 Å². The molecule has 210 valence electrons. The molecule has 9 atom stereocenters. The number of benzene rings is 1. The first-order valence-electron chi connectivity index (χ1n) is 13.7. The summed E-state index contributed by atoms with van der Waals surface area (Å²) < 4.78 is 42.3. The zero-order valence-corrected chi connectivity index (χ0v) is 23.8. The minimum atomic E-state index is -4.15. The lowest BCUT2D eigenvalue weighted by Crippen LogP contribution is -2.64. The largest absolute Gasteiger partial charge is 0.460 e. The minimum Gasteiger partial charge on any atom is -0.460 e. The van der Waals surface area contributed by atoms with Crippen molar-refractivity contribution in [1.82, 2.24) is 0 Å². The fourth-order valence-electron chi connectivity index (χ4n) is 8.14. The van der Waals surface area contributed by atoms with Crippen molar-refractivity contribution in [2.24, 2.45) is 34.0 Å². The zero-order valence-electron chi connectivity index (χ0n) is 22.9. The number of ether oxygens (including phenoxy) is 2. The van der Waals surface area contributed by atoms with Crippen molar-refractivity contribution in [3.8, 4) is 0 Å². The highest BCUT2D eigenvalue weighted by molar-refractivity contribution is 7.86. The molecule has 2 unspecified atom stereocenters. The highest BCUT2D eigenvalue weighted by Gasteiger charge is 2.70. The van der Waals surface area contributed by atoms with E-state index >= 15 is 0 Å². The maximum Gasteiger partial charge on any atom is 0.333 e. The molecule has 1 aromatic carbocycles. The van der Waals surface area contributed by atoms with Crippen LogP contribution in [0.1, 0.15) is 65.4 Å². The van der Waals surface area contributed by atoms with Gasteiger partial charge in [-0.3, -0.25) is 8.98 Å². The third kappa shape index (κ3) is 4.25. The van der Waals surface area contributed by atoms with Crippen molar-refractivity contribution in [2.45, 2.75) is 89.9 Å². The molecule has 38 heavy (non-hydrogen) atoms. The van der Waals surface area contributed by atoms with Crippen LogP contribution in [0.25, 0.3) is 0 Å². The molecular weight excluding hydrogens is 508 g/mol. The first kappa shape index (κ1) is 27.7. The first-order chi connectivity index (χ1) is 17.8. The third-order valence-electron chi connectivity index (χ3n) is 10.8. The van der Waals surface area contributed by atoms with Crippen molar-refractivity contribution in [1.29, 1.82) is 0 Å². The number of hydrogen-bond acceptors (Lipinski definition) is 8. The topological polar surface area (TPSA) is 120 Å². The van der Waals surface area contributed by atoms with Crippen LogP contribution in [-0.4, -0.2) is 56.8 Å². The number of Topliss-reactive ketones (excluding diaryl/α,β-unsaturated/α-hetero) is 1. The highest BCUT2D eigenvalue weighted by Crippen LogP contribution is 2.68. The van der Waals surface area contributed by atoms with Gasteiger partial charge in [-0.05, 0) is 62.0 Å².